The van der Waals surface area contributed by atoms with Gasteiger partial charge in [0.25, 0.3) is 0 Å². The molecule has 0 amide bonds. The molecule has 0 aliphatic carbocycles. The van der Waals surface area contributed by atoms with E-state index in [1.54, 1.807) is 6.92 Å². The summed E-state index contributed by atoms with van der Waals surface area (Å²) < 4.78 is 21.1. The summed E-state index contributed by atoms with van der Waals surface area (Å²) in [4.78, 5) is 23.7. The van der Waals surface area contributed by atoms with Gasteiger partial charge in [-0.25, -0.2) is 0 Å². The number of aliphatic hydroxyl groups excluding tert-OH is 4. The first kappa shape index (κ1) is 28.7. The minimum atomic E-state index is -1.58. The molecule has 0 bridgehead atoms. The van der Waals surface area contributed by atoms with Gasteiger partial charge in [0.1, 0.15) is 31.0 Å². The lowest BCUT2D eigenvalue weighted by Gasteiger charge is -2.39. The van der Waals surface area contributed by atoms with Gasteiger partial charge in [0, 0.05) is 12.8 Å². The molecule has 1 saturated heterocycles. The molecule has 0 aromatic heterocycles. The average Bonchev–Trinajstić information content (AvgIpc) is 2.79. The number of ether oxygens (including phenoxy) is 4. The van der Waals surface area contributed by atoms with Crippen LogP contribution in [0, 0.1) is 0 Å². The lowest BCUT2D eigenvalue weighted by molar-refractivity contribution is -0.305. The number of carbonyl (C=O) groups is 2. The molecule has 1 rings (SSSR count). The summed E-state index contributed by atoms with van der Waals surface area (Å²) in [5.41, 5.74) is 0. The van der Waals surface area contributed by atoms with Gasteiger partial charge in [0.2, 0.25) is 0 Å². The zero-order valence-corrected chi connectivity index (χ0v) is 19.2. The quantitative estimate of drug-likeness (QED) is 0.191. The van der Waals surface area contributed by atoms with Crippen LogP contribution in [-0.2, 0) is 28.5 Å². The summed E-state index contributed by atoms with van der Waals surface area (Å²) in [6.45, 7) is 2.70. The minimum absolute atomic E-state index is 0.159. The van der Waals surface area contributed by atoms with Crippen molar-refractivity contribution in [2.75, 3.05) is 19.8 Å². The highest BCUT2D eigenvalue weighted by Crippen LogP contribution is 2.22. The molecule has 0 aromatic carbocycles. The molecule has 0 radical (unpaired) electrons. The smallest absolute Gasteiger partial charge is 0.306 e. The normalized spacial score (nSPS) is 26.5. The third kappa shape index (κ3) is 10.5. The number of rotatable bonds is 16. The van der Waals surface area contributed by atoms with E-state index in [1.165, 1.54) is 19.3 Å². The van der Waals surface area contributed by atoms with E-state index in [9.17, 15) is 30.0 Å². The second kappa shape index (κ2) is 16.3. The Morgan fingerprint density at radius 1 is 0.875 bits per heavy atom. The molecule has 0 saturated carbocycles. The Morgan fingerprint density at radius 2 is 1.53 bits per heavy atom. The van der Waals surface area contributed by atoms with E-state index in [0.29, 0.717) is 6.42 Å². The van der Waals surface area contributed by atoms with Crippen LogP contribution in [0.15, 0.2) is 0 Å². The minimum Gasteiger partial charge on any atom is -0.462 e. The van der Waals surface area contributed by atoms with Crippen LogP contribution in [0.3, 0.4) is 0 Å². The first-order chi connectivity index (χ1) is 15.3. The van der Waals surface area contributed by atoms with Gasteiger partial charge in [-0.15, -0.1) is 0 Å². The van der Waals surface area contributed by atoms with Gasteiger partial charge in [-0.3, -0.25) is 9.59 Å². The van der Waals surface area contributed by atoms with Crippen molar-refractivity contribution < 1.29 is 49.0 Å². The zero-order valence-electron chi connectivity index (χ0n) is 19.2. The maximum Gasteiger partial charge on any atom is 0.306 e. The molecule has 0 aromatic rings. The van der Waals surface area contributed by atoms with Crippen molar-refractivity contribution in [2.24, 2.45) is 0 Å². The fourth-order valence-electron chi connectivity index (χ4n) is 3.28. The molecule has 10 nitrogen and oxygen atoms in total. The third-order valence-corrected chi connectivity index (χ3v) is 5.30. The fraction of sp³-hybridized carbons (Fsp3) is 0.909. The van der Waals surface area contributed by atoms with Crippen molar-refractivity contribution in [1.82, 2.24) is 0 Å². The van der Waals surface area contributed by atoms with Crippen LogP contribution in [0.1, 0.15) is 71.6 Å². The highest BCUT2D eigenvalue weighted by atomic mass is 16.7. The van der Waals surface area contributed by atoms with Gasteiger partial charge in [0.05, 0.1) is 13.2 Å². The van der Waals surface area contributed by atoms with Crippen molar-refractivity contribution in [3.63, 3.8) is 0 Å². The van der Waals surface area contributed by atoms with E-state index in [4.69, 9.17) is 18.9 Å². The van der Waals surface area contributed by atoms with Crippen LogP contribution < -0.4 is 0 Å². The SMILES string of the molecule is CCCCCCCCCC(=O)OC(COC(=O)CC)COC1OC(CO)C(O)C(O)C1O. The molecule has 188 valence electrons. The van der Waals surface area contributed by atoms with Crippen LogP contribution >= 0.6 is 0 Å². The Morgan fingerprint density at radius 3 is 2.16 bits per heavy atom. The molecule has 0 spiro atoms. The highest BCUT2D eigenvalue weighted by molar-refractivity contribution is 5.70. The first-order valence-corrected chi connectivity index (χ1v) is 11.6. The standard InChI is InChI=1S/C22H40O10/c1-3-5-6-7-8-9-10-11-18(25)31-15(13-29-17(24)4-2)14-30-22-21(28)20(27)19(26)16(12-23)32-22/h15-16,19-23,26-28H,3-14H2,1-2H3. The maximum atomic E-state index is 12.2. The van der Waals surface area contributed by atoms with E-state index >= 15 is 0 Å². The number of hydrogen-bond acceptors (Lipinski definition) is 10. The topological polar surface area (TPSA) is 152 Å². The van der Waals surface area contributed by atoms with E-state index in [2.05, 4.69) is 6.92 Å². The van der Waals surface area contributed by atoms with Crippen molar-refractivity contribution >= 4 is 11.9 Å². The van der Waals surface area contributed by atoms with E-state index in [1.807, 2.05) is 0 Å². The molecule has 6 unspecified atom stereocenters. The van der Waals surface area contributed by atoms with Gasteiger partial charge < -0.3 is 39.4 Å². The zero-order chi connectivity index (χ0) is 23.9. The Labute approximate surface area is 189 Å². The molecular weight excluding hydrogens is 424 g/mol. The predicted molar refractivity (Wildman–Crippen MR) is 113 cm³/mol. The van der Waals surface area contributed by atoms with Crippen LogP contribution in [0.25, 0.3) is 0 Å². The Kier molecular flexibility index (Phi) is 14.7. The van der Waals surface area contributed by atoms with Gasteiger partial charge >= 0.3 is 11.9 Å². The summed E-state index contributed by atoms with van der Waals surface area (Å²) in [6.07, 6.45) is -0.267. The van der Waals surface area contributed by atoms with Gasteiger partial charge in [-0.2, -0.15) is 0 Å². The largest absolute Gasteiger partial charge is 0.462 e. The van der Waals surface area contributed by atoms with E-state index in [0.717, 1.165) is 19.3 Å². The van der Waals surface area contributed by atoms with Crippen LogP contribution in [0.5, 0.6) is 0 Å². The van der Waals surface area contributed by atoms with Gasteiger partial charge in [-0.1, -0.05) is 52.4 Å². The summed E-state index contributed by atoms with van der Waals surface area (Å²) in [5.74, 6) is -0.917. The molecule has 1 fully saturated rings. The molecular formula is C22H40O10. The van der Waals surface area contributed by atoms with Gasteiger partial charge in [-0.05, 0) is 6.42 Å². The summed E-state index contributed by atoms with van der Waals surface area (Å²) in [5, 5.41) is 39.0. The molecule has 1 aliphatic rings. The highest BCUT2D eigenvalue weighted by Gasteiger charge is 2.44. The molecule has 1 heterocycles. The van der Waals surface area contributed by atoms with Crippen molar-refractivity contribution in [3.05, 3.63) is 0 Å². The van der Waals surface area contributed by atoms with Crippen LogP contribution in [-0.4, -0.2) is 89.0 Å². The van der Waals surface area contributed by atoms with Gasteiger partial charge in [0.15, 0.2) is 12.4 Å². The predicted octanol–water partition coefficient (Wildman–Crippen LogP) is 0.809. The molecule has 1 aliphatic heterocycles. The fourth-order valence-corrected chi connectivity index (χ4v) is 3.28. The number of carbonyl (C=O) groups excluding carboxylic acids is 2. The number of hydrogen-bond donors (Lipinski definition) is 4. The molecule has 10 heteroatoms. The third-order valence-electron chi connectivity index (χ3n) is 5.30. The van der Waals surface area contributed by atoms with Crippen LogP contribution in [0.2, 0.25) is 0 Å². The van der Waals surface area contributed by atoms with Crippen LogP contribution in [0.4, 0.5) is 0 Å². The van der Waals surface area contributed by atoms with E-state index in [-0.39, 0.29) is 26.1 Å². The van der Waals surface area contributed by atoms with Crippen molar-refractivity contribution in [3.8, 4) is 0 Å². The Balaban J connectivity index is 2.51. The van der Waals surface area contributed by atoms with Crippen molar-refractivity contribution in [1.29, 1.82) is 0 Å². The lowest BCUT2D eigenvalue weighted by atomic mass is 9.99. The monoisotopic (exact) mass is 464 g/mol. The summed E-state index contributed by atoms with van der Waals surface area (Å²) in [7, 11) is 0. The first-order valence-electron chi connectivity index (χ1n) is 11.6. The maximum absolute atomic E-state index is 12.2. The summed E-state index contributed by atoms with van der Waals surface area (Å²) in [6, 6.07) is 0. The molecule has 6 atom stereocenters. The van der Waals surface area contributed by atoms with Crippen molar-refractivity contribution in [2.45, 2.75) is 108 Å². The number of esters is 2. The second-order valence-electron chi connectivity index (χ2n) is 8.05. The van der Waals surface area contributed by atoms with E-state index < -0.39 is 55.4 Å². The summed E-state index contributed by atoms with van der Waals surface area (Å²) >= 11 is 0. The lowest BCUT2D eigenvalue weighted by Crippen LogP contribution is -2.59. The Bertz CT molecular complexity index is 527. The molecule has 32 heavy (non-hydrogen) atoms. The molecule has 4 N–H and O–H groups in total. The average molecular weight is 465 g/mol. The Hall–Kier alpha value is -1.30. The number of unbranched alkanes of at least 4 members (excludes halogenated alkanes) is 6. The second-order valence-corrected chi connectivity index (χ2v) is 8.05. The number of aliphatic hydroxyl groups is 4.